The summed E-state index contributed by atoms with van der Waals surface area (Å²) < 4.78 is 5.46. The maximum Gasteiger partial charge on any atom is 0.323 e. The number of hydrogen-bond acceptors (Lipinski definition) is 8. The van der Waals surface area contributed by atoms with Gasteiger partial charge in [0.25, 0.3) is 0 Å². The van der Waals surface area contributed by atoms with Gasteiger partial charge in [-0.3, -0.25) is 5.43 Å². The standard InChI is InChI=1S/C11H22N6O2/c1-4-17(6-5-7-18)10-13-9(16-12)14-11(15-10)19-8(2)3/h8,18H,4-7,12H2,1-3H3,(H,13,14,15,16). The summed E-state index contributed by atoms with van der Waals surface area (Å²) in [4.78, 5) is 14.4. The molecule has 0 fully saturated rings. The van der Waals surface area contributed by atoms with Crippen molar-refractivity contribution in [1.29, 1.82) is 0 Å². The van der Waals surface area contributed by atoms with Crippen LogP contribution in [0.4, 0.5) is 11.9 Å². The molecule has 4 N–H and O–H groups in total. The lowest BCUT2D eigenvalue weighted by molar-refractivity contribution is 0.222. The second-order valence-electron chi connectivity index (χ2n) is 4.21. The Bertz CT molecular complexity index is 387. The minimum Gasteiger partial charge on any atom is -0.461 e. The minimum atomic E-state index is -0.0339. The van der Waals surface area contributed by atoms with Gasteiger partial charge in [0.15, 0.2) is 0 Å². The second-order valence-corrected chi connectivity index (χ2v) is 4.21. The molecular formula is C11H22N6O2. The Morgan fingerprint density at radius 1 is 1.37 bits per heavy atom. The Kier molecular flexibility index (Phi) is 6.23. The van der Waals surface area contributed by atoms with Gasteiger partial charge in [-0.1, -0.05) is 0 Å². The van der Waals surface area contributed by atoms with Crippen LogP contribution in [0.1, 0.15) is 27.2 Å². The SMILES string of the molecule is CCN(CCCO)c1nc(NN)nc(OC(C)C)n1. The molecule has 1 rings (SSSR count). The first-order chi connectivity index (χ1) is 9.10. The number of aromatic nitrogens is 3. The van der Waals surface area contributed by atoms with Crippen molar-refractivity contribution in [3.63, 3.8) is 0 Å². The van der Waals surface area contributed by atoms with Crippen molar-refractivity contribution >= 4 is 11.9 Å². The van der Waals surface area contributed by atoms with Crippen molar-refractivity contribution in [2.75, 3.05) is 30.0 Å². The fourth-order valence-electron chi connectivity index (χ4n) is 1.48. The van der Waals surface area contributed by atoms with E-state index in [1.54, 1.807) is 0 Å². The number of nitrogens with zero attached hydrogens (tertiary/aromatic N) is 4. The molecule has 0 saturated heterocycles. The van der Waals surface area contributed by atoms with E-state index in [9.17, 15) is 0 Å². The molecule has 0 aliphatic carbocycles. The van der Waals surface area contributed by atoms with Crippen LogP contribution in [-0.2, 0) is 0 Å². The molecule has 0 amide bonds. The van der Waals surface area contributed by atoms with E-state index in [1.807, 2.05) is 25.7 Å². The van der Waals surface area contributed by atoms with Gasteiger partial charge in [-0.05, 0) is 27.2 Å². The molecule has 8 heteroatoms. The fourth-order valence-corrected chi connectivity index (χ4v) is 1.48. The lowest BCUT2D eigenvalue weighted by atomic mass is 10.4. The number of anilines is 2. The molecule has 0 aliphatic heterocycles. The number of hydrazine groups is 1. The number of aliphatic hydroxyl groups excluding tert-OH is 1. The fraction of sp³-hybridized carbons (Fsp3) is 0.727. The van der Waals surface area contributed by atoms with E-state index in [1.165, 1.54) is 0 Å². The van der Waals surface area contributed by atoms with Gasteiger partial charge in [-0.15, -0.1) is 0 Å². The van der Waals surface area contributed by atoms with Crippen molar-refractivity contribution < 1.29 is 9.84 Å². The van der Waals surface area contributed by atoms with Crippen LogP contribution >= 0.6 is 0 Å². The van der Waals surface area contributed by atoms with Gasteiger partial charge in [-0.2, -0.15) is 15.0 Å². The van der Waals surface area contributed by atoms with Gasteiger partial charge in [0.1, 0.15) is 0 Å². The van der Waals surface area contributed by atoms with E-state index >= 15 is 0 Å². The van der Waals surface area contributed by atoms with Gasteiger partial charge in [0.2, 0.25) is 11.9 Å². The summed E-state index contributed by atoms with van der Waals surface area (Å²) in [5, 5.41) is 8.90. The van der Waals surface area contributed by atoms with Crippen molar-refractivity contribution in [3.8, 4) is 6.01 Å². The summed E-state index contributed by atoms with van der Waals surface area (Å²) >= 11 is 0. The van der Waals surface area contributed by atoms with E-state index in [2.05, 4.69) is 20.4 Å². The van der Waals surface area contributed by atoms with Crippen molar-refractivity contribution in [2.24, 2.45) is 5.84 Å². The van der Waals surface area contributed by atoms with Gasteiger partial charge in [0.05, 0.1) is 6.10 Å². The maximum absolute atomic E-state index is 8.90. The molecule has 1 aromatic rings. The van der Waals surface area contributed by atoms with Crippen LogP contribution in [0, 0.1) is 0 Å². The number of nitrogens with two attached hydrogens (primary N) is 1. The van der Waals surface area contributed by atoms with E-state index in [-0.39, 0.29) is 24.7 Å². The lowest BCUT2D eigenvalue weighted by Crippen LogP contribution is -2.28. The van der Waals surface area contributed by atoms with Crippen LogP contribution in [0.2, 0.25) is 0 Å². The maximum atomic E-state index is 8.90. The van der Waals surface area contributed by atoms with Crippen molar-refractivity contribution in [3.05, 3.63) is 0 Å². The van der Waals surface area contributed by atoms with Gasteiger partial charge in [0, 0.05) is 19.7 Å². The van der Waals surface area contributed by atoms with Gasteiger partial charge < -0.3 is 14.7 Å². The number of nitrogen functional groups attached to an aromatic ring is 1. The molecule has 1 aromatic heterocycles. The third kappa shape index (κ3) is 4.84. The first-order valence-electron chi connectivity index (χ1n) is 6.35. The molecule has 0 aliphatic rings. The van der Waals surface area contributed by atoms with Crippen LogP contribution in [0.25, 0.3) is 0 Å². The average molecular weight is 270 g/mol. The Balaban J connectivity index is 2.96. The van der Waals surface area contributed by atoms with Gasteiger partial charge in [-0.25, -0.2) is 5.84 Å². The molecule has 0 atom stereocenters. The molecule has 0 spiro atoms. The highest BCUT2D eigenvalue weighted by atomic mass is 16.5. The zero-order chi connectivity index (χ0) is 14.3. The first-order valence-corrected chi connectivity index (χ1v) is 6.35. The Morgan fingerprint density at radius 3 is 2.63 bits per heavy atom. The highest BCUT2D eigenvalue weighted by Crippen LogP contribution is 2.15. The summed E-state index contributed by atoms with van der Waals surface area (Å²) in [7, 11) is 0. The van der Waals surface area contributed by atoms with Crippen molar-refractivity contribution in [1.82, 2.24) is 15.0 Å². The van der Waals surface area contributed by atoms with Crippen LogP contribution in [0.5, 0.6) is 6.01 Å². The predicted molar refractivity (Wildman–Crippen MR) is 73.0 cm³/mol. The molecule has 1 heterocycles. The quantitative estimate of drug-likeness (QED) is 0.452. The molecule has 0 aromatic carbocycles. The normalized spacial score (nSPS) is 10.6. The summed E-state index contributed by atoms with van der Waals surface area (Å²) in [6.45, 7) is 7.26. The second kappa shape index (κ2) is 7.70. The topological polar surface area (TPSA) is 109 Å². The Labute approximate surface area is 113 Å². The zero-order valence-electron chi connectivity index (χ0n) is 11.6. The van der Waals surface area contributed by atoms with E-state index in [0.717, 1.165) is 6.54 Å². The number of rotatable bonds is 8. The molecular weight excluding hydrogens is 248 g/mol. The summed E-state index contributed by atoms with van der Waals surface area (Å²) in [5.74, 6) is 6.08. The largest absolute Gasteiger partial charge is 0.461 e. The van der Waals surface area contributed by atoms with Crippen LogP contribution in [0.15, 0.2) is 0 Å². The lowest BCUT2D eigenvalue weighted by Gasteiger charge is -2.21. The molecule has 19 heavy (non-hydrogen) atoms. The summed E-state index contributed by atoms with van der Waals surface area (Å²) in [6, 6.07) is 0.232. The average Bonchev–Trinajstić information content (AvgIpc) is 2.38. The third-order valence-electron chi connectivity index (χ3n) is 2.32. The highest BCUT2D eigenvalue weighted by molar-refractivity contribution is 5.37. The van der Waals surface area contributed by atoms with E-state index in [0.29, 0.717) is 18.9 Å². The number of hydrogen-bond donors (Lipinski definition) is 3. The van der Waals surface area contributed by atoms with Crippen LogP contribution < -0.4 is 20.9 Å². The minimum absolute atomic E-state index is 0.0339. The molecule has 0 bridgehead atoms. The highest BCUT2D eigenvalue weighted by Gasteiger charge is 2.13. The number of ether oxygens (including phenoxy) is 1. The van der Waals surface area contributed by atoms with Gasteiger partial charge >= 0.3 is 6.01 Å². The first kappa shape index (κ1) is 15.4. The van der Waals surface area contributed by atoms with Crippen LogP contribution in [-0.4, -0.2) is 45.9 Å². The monoisotopic (exact) mass is 270 g/mol. The van der Waals surface area contributed by atoms with E-state index in [4.69, 9.17) is 15.7 Å². The van der Waals surface area contributed by atoms with E-state index < -0.39 is 0 Å². The zero-order valence-corrected chi connectivity index (χ0v) is 11.6. The molecule has 8 nitrogen and oxygen atoms in total. The molecule has 0 radical (unpaired) electrons. The number of nitrogens with one attached hydrogen (secondary N) is 1. The smallest absolute Gasteiger partial charge is 0.323 e. The van der Waals surface area contributed by atoms with Crippen LogP contribution in [0.3, 0.4) is 0 Å². The Hall–Kier alpha value is -1.67. The summed E-state index contributed by atoms with van der Waals surface area (Å²) in [6.07, 6.45) is 0.610. The van der Waals surface area contributed by atoms with Crippen molar-refractivity contribution in [2.45, 2.75) is 33.3 Å². The third-order valence-corrected chi connectivity index (χ3v) is 2.32. The summed E-state index contributed by atoms with van der Waals surface area (Å²) in [5.41, 5.74) is 2.40. The molecule has 0 unspecified atom stereocenters. The molecule has 108 valence electrons. The molecule has 0 saturated carbocycles. The Morgan fingerprint density at radius 2 is 2.11 bits per heavy atom. The predicted octanol–water partition coefficient (Wildman–Crippen LogP) is 0.153. The number of aliphatic hydroxyl groups is 1.